The third kappa shape index (κ3) is 6.75. The van der Waals surface area contributed by atoms with Crippen molar-refractivity contribution in [2.45, 2.75) is 50.5 Å². The Balaban J connectivity index is 0.00000225. The van der Waals surface area contributed by atoms with E-state index in [0.717, 1.165) is 32.2 Å². The Morgan fingerprint density at radius 3 is 2.53 bits per heavy atom. The van der Waals surface area contributed by atoms with Gasteiger partial charge in [-0.3, -0.25) is 4.79 Å². The van der Waals surface area contributed by atoms with Crippen LogP contribution in [0, 0.1) is 5.92 Å². The third-order valence-electron chi connectivity index (χ3n) is 5.59. The van der Waals surface area contributed by atoms with Crippen molar-refractivity contribution in [2.75, 3.05) is 13.1 Å². The first-order valence-electron chi connectivity index (χ1n) is 9.90. The molecule has 0 spiro atoms. The molecule has 0 radical (unpaired) electrons. The summed E-state index contributed by atoms with van der Waals surface area (Å²) >= 11 is 0. The van der Waals surface area contributed by atoms with E-state index in [2.05, 4.69) is 10.6 Å². The number of carboxylic acid groups (broad SMARTS) is 1. The van der Waals surface area contributed by atoms with E-state index >= 15 is 0 Å². The van der Waals surface area contributed by atoms with Gasteiger partial charge >= 0.3 is 13.1 Å². The summed E-state index contributed by atoms with van der Waals surface area (Å²) in [7, 11) is -1.27. The highest BCUT2D eigenvalue weighted by atomic mass is 35.5. The first-order valence-corrected chi connectivity index (χ1v) is 9.90. The molecule has 168 valence electrons. The second kappa shape index (κ2) is 12.4. The van der Waals surface area contributed by atoms with Crippen molar-refractivity contribution in [2.24, 2.45) is 11.7 Å². The van der Waals surface area contributed by atoms with Crippen LogP contribution in [0.1, 0.15) is 48.0 Å². The van der Waals surface area contributed by atoms with Gasteiger partial charge in [0.05, 0.1) is 11.5 Å². The summed E-state index contributed by atoms with van der Waals surface area (Å²) in [6.07, 6.45) is 4.82. The van der Waals surface area contributed by atoms with Gasteiger partial charge in [-0.1, -0.05) is 12.1 Å². The normalized spacial score (nSPS) is 22.6. The monoisotopic (exact) mass is 461 g/mol. The van der Waals surface area contributed by atoms with Crippen LogP contribution in [0.3, 0.4) is 0 Å². The standard InChI is InChI=1S/C19H28BN3O5.2ClH/c21-8-9-22-14-6-4-12(5-7-14)10-17(24)23-16-11-13-2-1-3-15(19(25)26)18(13)28-20(16)27;;/h1-3,12,14,16,22,27H,4-11,21H2,(H,23,24)(H,25,26);2*1H/t12?,14?,16-;;/m0../s1. The largest absolute Gasteiger partial charge is 0.547 e. The Bertz CT molecular complexity index is 719. The number of aromatic carboxylic acids is 1. The molecule has 1 aromatic carbocycles. The number of carbonyl (C=O) groups is 2. The van der Waals surface area contributed by atoms with Crippen LogP contribution < -0.4 is 21.0 Å². The summed E-state index contributed by atoms with van der Waals surface area (Å²) in [4.78, 5) is 23.8. The quantitative estimate of drug-likeness (QED) is 0.384. The highest BCUT2D eigenvalue weighted by molar-refractivity contribution is 6.47. The predicted molar refractivity (Wildman–Crippen MR) is 120 cm³/mol. The van der Waals surface area contributed by atoms with E-state index in [1.54, 1.807) is 12.1 Å². The molecule has 1 fully saturated rings. The molecule has 0 aromatic heterocycles. The molecule has 1 heterocycles. The Morgan fingerprint density at radius 1 is 1.20 bits per heavy atom. The number of carbonyl (C=O) groups excluding carboxylic acids is 1. The van der Waals surface area contributed by atoms with Gasteiger partial charge in [-0.15, -0.1) is 24.8 Å². The van der Waals surface area contributed by atoms with Gasteiger partial charge in [0.1, 0.15) is 5.75 Å². The van der Waals surface area contributed by atoms with E-state index in [4.69, 9.17) is 10.4 Å². The second-order valence-electron chi connectivity index (χ2n) is 7.65. The zero-order valence-corrected chi connectivity index (χ0v) is 18.3. The minimum absolute atomic E-state index is 0. The van der Waals surface area contributed by atoms with E-state index < -0.39 is 19.0 Å². The lowest BCUT2D eigenvalue weighted by molar-refractivity contribution is -0.122. The van der Waals surface area contributed by atoms with Crippen LogP contribution in [0.4, 0.5) is 0 Å². The number of nitrogens with one attached hydrogen (secondary N) is 2. The molecule has 1 atom stereocenters. The van der Waals surface area contributed by atoms with Gasteiger partial charge in [0.15, 0.2) is 0 Å². The summed E-state index contributed by atoms with van der Waals surface area (Å²) in [6.45, 7) is 1.45. The lowest BCUT2D eigenvalue weighted by Gasteiger charge is -2.31. The number of para-hydroxylation sites is 1. The van der Waals surface area contributed by atoms with Crippen LogP contribution >= 0.6 is 24.8 Å². The number of amides is 1. The Hall–Kier alpha value is -1.52. The number of rotatable bonds is 7. The smallest absolute Gasteiger partial charge is 0.534 e. The van der Waals surface area contributed by atoms with Crippen molar-refractivity contribution < 1.29 is 24.4 Å². The van der Waals surface area contributed by atoms with Crippen molar-refractivity contribution in [3.63, 3.8) is 0 Å². The van der Waals surface area contributed by atoms with Gasteiger partial charge in [-0.2, -0.15) is 0 Å². The Morgan fingerprint density at radius 2 is 1.90 bits per heavy atom. The van der Waals surface area contributed by atoms with Crippen LogP contribution in [0.25, 0.3) is 0 Å². The van der Waals surface area contributed by atoms with E-state index in [-0.39, 0.29) is 42.0 Å². The van der Waals surface area contributed by atoms with Crippen LogP contribution in [0.2, 0.25) is 0 Å². The van der Waals surface area contributed by atoms with Gasteiger partial charge in [0, 0.05) is 25.6 Å². The third-order valence-corrected chi connectivity index (χ3v) is 5.59. The molecule has 1 aliphatic heterocycles. The van der Waals surface area contributed by atoms with E-state index in [1.807, 2.05) is 0 Å². The highest BCUT2D eigenvalue weighted by Gasteiger charge is 2.38. The number of benzene rings is 1. The highest BCUT2D eigenvalue weighted by Crippen LogP contribution is 2.31. The Kier molecular flexibility index (Phi) is 10.9. The molecule has 11 heteroatoms. The van der Waals surface area contributed by atoms with Crippen molar-refractivity contribution >= 4 is 43.8 Å². The van der Waals surface area contributed by atoms with Crippen LogP contribution in [-0.2, 0) is 11.2 Å². The first-order chi connectivity index (χ1) is 13.5. The molecule has 1 aliphatic carbocycles. The number of nitrogens with two attached hydrogens (primary N) is 1. The molecule has 2 aliphatic rings. The molecule has 0 bridgehead atoms. The number of fused-ring (bicyclic) bond motifs is 1. The molecule has 1 amide bonds. The number of carboxylic acids is 1. The second-order valence-corrected chi connectivity index (χ2v) is 7.65. The van der Waals surface area contributed by atoms with Gasteiger partial charge in [-0.05, 0) is 49.7 Å². The minimum Gasteiger partial charge on any atom is -0.534 e. The average Bonchev–Trinajstić information content (AvgIpc) is 2.67. The summed E-state index contributed by atoms with van der Waals surface area (Å²) in [5.74, 6) is -1.29. The predicted octanol–water partition coefficient (Wildman–Crippen LogP) is 1.16. The zero-order chi connectivity index (χ0) is 20.1. The maximum Gasteiger partial charge on any atom is 0.547 e. The number of hydrogen-bond acceptors (Lipinski definition) is 6. The molecule has 0 saturated heterocycles. The van der Waals surface area contributed by atoms with Gasteiger partial charge in [-0.25, -0.2) is 4.79 Å². The maximum atomic E-state index is 12.5. The summed E-state index contributed by atoms with van der Waals surface area (Å²) in [5, 5.41) is 25.8. The summed E-state index contributed by atoms with van der Waals surface area (Å²) < 4.78 is 5.42. The molecule has 0 unspecified atom stereocenters. The topological polar surface area (TPSA) is 134 Å². The van der Waals surface area contributed by atoms with Crippen LogP contribution in [0.15, 0.2) is 18.2 Å². The summed E-state index contributed by atoms with van der Waals surface area (Å²) in [6, 6.07) is 5.31. The minimum atomic E-state index is -1.27. The van der Waals surface area contributed by atoms with Gasteiger partial charge in [0.2, 0.25) is 5.91 Å². The van der Waals surface area contributed by atoms with E-state index in [1.165, 1.54) is 6.07 Å². The summed E-state index contributed by atoms with van der Waals surface area (Å²) in [5.41, 5.74) is 6.20. The fourth-order valence-electron chi connectivity index (χ4n) is 4.10. The lowest BCUT2D eigenvalue weighted by Crippen LogP contribution is -2.53. The lowest BCUT2D eigenvalue weighted by atomic mass is 9.72. The van der Waals surface area contributed by atoms with Gasteiger partial charge in [0.25, 0.3) is 0 Å². The molecule has 3 rings (SSSR count). The Labute approximate surface area is 189 Å². The van der Waals surface area contributed by atoms with E-state index in [9.17, 15) is 19.7 Å². The number of hydrogen-bond donors (Lipinski definition) is 5. The molecule has 8 nitrogen and oxygen atoms in total. The zero-order valence-electron chi connectivity index (χ0n) is 16.7. The van der Waals surface area contributed by atoms with Crippen LogP contribution in [-0.4, -0.2) is 54.2 Å². The SMILES string of the molecule is Cl.Cl.NCCNC1CCC(CC(=O)N[C@H]2Cc3cccc(C(=O)O)c3OB2O)CC1. The molecular weight excluding hydrogens is 432 g/mol. The van der Waals surface area contributed by atoms with Crippen molar-refractivity contribution in [1.29, 1.82) is 0 Å². The molecule has 1 saturated carbocycles. The fourth-order valence-corrected chi connectivity index (χ4v) is 4.10. The number of halogens is 2. The van der Waals surface area contributed by atoms with Gasteiger partial charge < -0.3 is 31.2 Å². The van der Waals surface area contributed by atoms with Crippen LogP contribution in [0.5, 0.6) is 5.75 Å². The molecule has 30 heavy (non-hydrogen) atoms. The van der Waals surface area contributed by atoms with Crippen molar-refractivity contribution in [1.82, 2.24) is 10.6 Å². The average molecular weight is 462 g/mol. The van der Waals surface area contributed by atoms with Crippen molar-refractivity contribution in [3.05, 3.63) is 29.3 Å². The maximum absolute atomic E-state index is 12.5. The molecule has 6 N–H and O–H groups in total. The first kappa shape index (κ1) is 26.5. The molecular formula is C19H30BCl2N3O5. The molecule has 1 aromatic rings. The van der Waals surface area contributed by atoms with Crippen molar-refractivity contribution in [3.8, 4) is 5.75 Å². The fraction of sp³-hybridized carbons (Fsp3) is 0.579. The van der Waals surface area contributed by atoms with E-state index in [0.29, 0.717) is 36.9 Å².